The molecule has 0 saturated heterocycles. The fraction of sp³-hybridized carbons (Fsp3) is 0.353. The molecule has 5 atom stereocenters. The molecule has 1 aromatic carbocycles. The van der Waals surface area contributed by atoms with Crippen molar-refractivity contribution in [1.82, 2.24) is 0 Å². The third-order valence-electron chi connectivity index (χ3n) is 4.46. The van der Waals surface area contributed by atoms with Crippen LogP contribution < -0.4 is 4.74 Å². The number of nitrogens with zero attached hydrogens (tertiary/aromatic N) is 1. The molecule has 1 aromatic rings. The van der Waals surface area contributed by atoms with Crippen LogP contribution in [-0.2, 0) is 9.84 Å². The Bertz CT molecular complexity index is 951. The molecule has 1 saturated carbocycles. The van der Waals surface area contributed by atoms with E-state index in [1.54, 1.807) is 6.07 Å². The molecule has 0 aromatic heterocycles. The monoisotopic (exact) mass is 385 g/mol. The number of rotatable bonds is 3. The van der Waals surface area contributed by atoms with Crippen LogP contribution in [0.4, 0.5) is 13.2 Å². The fourth-order valence-electron chi connectivity index (χ4n) is 3.36. The average molecular weight is 385 g/mol. The highest BCUT2D eigenvalue weighted by Gasteiger charge is 2.57. The number of hydrogen-bond donors (Lipinski definition) is 1. The van der Waals surface area contributed by atoms with Crippen molar-refractivity contribution in [3.63, 3.8) is 0 Å². The highest BCUT2D eigenvalue weighted by molar-refractivity contribution is 7.94. The van der Waals surface area contributed by atoms with E-state index in [2.05, 4.69) is 0 Å². The number of allylic oxidation sites excluding steroid dienone is 3. The van der Waals surface area contributed by atoms with Crippen LogP contribution in [0.1, 0.15) is 5.56 Å². The number of fused-ring (bicyclic) bond motifs is 1. The minimum atomic E-state index is -3.81. The van der Waals surface area contributed by atoms with Crippen LogP contribution in [0.25, 0.3) is 0 Å². The van der Waals surface area contributed by atoms with Gasteiger partial charge in [-0.3, -0.25) is 0 Å². The molecule has 2 unspecified atom stereocenters. The van der Waals surface area contributed by atoms with E-state index in [0.717, 1.165) is 30.5 Å². The Morgan fingerprint density at radius 1 is 1.15 bits per heavy atom. The fourth-order valence-corrected chi connectivity index (χ4v) is 4.45. The second-order valence-electron chi connectivity index (χ2n) is 6.23. The van der Waals surface area contributed by atoms with E-state index in [-0.39, 0.29) is 22.0 Å². The molecule has 3 rings (SSSR count). The summed E-state index contributed by atoms with van der Waals surface area (Å²) in [6.45, 7) is 0. The Morgan fingerprint density at radius 2 is 1.85 bits per heavy atom. The Morgan fingerprint density at radius 3 is 2.46 bits per heavy atom. The van der Waals surface area contributed by atoms with Gasteiger partial charge in [0.05, 0.1) is 28.6 Å². The number of halogens is 3. The Hall–Kier alpha value is -2.31. The van der Waals surface area contributed by atoms with Gasteiger partial charge in [-0.2, -0.15) is 5.26 Å². The molecule has 26 heavy (non-hydrogen) atoms. The van der Waals surface area contributed by atoms with Gasteiger partial charge in [0.15, 0.2) is 16.0 Å². The molecule has 1 fully saturated rings. The molecule has 0 amide bonds. The van der Waals surface area contributed by atoms with Crippen molar-refractivity contribution in [2.24, 2.45) is 11.8 Å². The molecule has 0 aliphatic heterocycles. The van der Waals surface area contributed by atoms with Gasteiger partial charge >= 0.3 is 0 Å². The number of aliphatic hydroxyl groups is 1. The number of ether oxygens (including phenoxy) is 1. The number of aliphatic hydroxyl groups excluding tert-OH is 1. The molecule has 2 aliphatic rings. The molecular weight excluding hydrogens is 371 g/mol. The summed E-state index contributed by atoms with van der Waals surface area (Å²) in [4.78, 5) is -0.290. The largest absolute Gasteiger partial charge is 0.461 e. The van der Waals surface area contributed by atoms with Crippen LogP contribution >= 0.6 is 0 Å². The molecule has 9 heteroatoms. The zero-order chi connectivity index (χ0) is 19.2. The van der Waals surface area contributed by atoms with Gasteiger partial charge in [-0.25, -0.2) is 21.6 Å². The van der Waals surface area contributed by atoms with Gasteiger partial charge in [-0.1, -0.05) is 0 Å². The number of sulfone groups is 1. The topological polar surface area (TPSA) is 87.4 Å². The summed E-state index contributed by atoms with van der Waals surface area (Å²) >= 11 is 0. The molecule has 0 bridgehead atoms. The van der Waals surface area contributed by atoms with E-state index in [1.807, 2.05) is 0 Å². The molecule has 0 heterocycles. The smallest absolute Gasteiger partial charge is 0.172 e. The molecule has 0 spiro atoms. The SMILES string of the molecule is CS(=O)(=O)C1=CC=C(Oc2cc(F)cc(C#N)c2)C2C1[C@H](O)[C@H](F)[C@H]2F. The second kappa shape index (κ2) is 6.45. The Labute approximate surface area is 147 Å². The molecule has 0 radical (unpaired) electrons. The van der Waals surface area contributed by atoms with E-state index in [4.69, 9.17) is 10.00 Å². The van der Waals surface area contributed by atoms with E-state index in [9.17, 15) is 26.7 Å². The van der Waals surface area contributed by atoms with Crippen LogP contribution in [0.2, 0.25) is 0 Å². The highest BCUT2D eigenvalue weighted by Crippen LogP contribution is 2.48. The standard InChI is InChI=1S/C17H14F3NO4S/c1-26(23,24)12-3-2-11(13-14(12)17(22)16(20)15(13)19)25-10-5-8(7-21)4-9(18)6-10/h2-6,13-17,22H,1H3/t13?,14?,15-,16+,17-/m0/s1. The number of benzene rings is 1. The van der Waals surface area contributed by atoms with Gasteiger partial charge < -0.3 is 9.84 Å². The zero-order valence-electron chi connectivity index (χ0n) is 13.4. The Kier molecular flexibility index (Phi) is 4.58. The summed E-state index contributed by atoms with van der Waals surface area (Å²) < 4.78 is 71.2. The van der Waals surface area contributed by atoms with E-state index in [1.165, 1.54) is 6.07 Å². The van der Waals surface area contributed by atoms with Crippen LogP contribution in [0.3, 0.4) is 0 Å². The minimum Gasteiger partial charge on any atom is -0.461 e. The second-order valence-corrected chi connectivity index (χ2v) is 8.25. The maximum atomic E-state index is 14.4. The molecule has 5 nitrogen and oxygen atoms in total. The highest BCUT2D eigenvalue weighted by atomic mass is 32.2. The van der Waals surface area contributed by atoms with Gasteiger partial charge in [-0.05, 0) is 24.3 Å². The van der Waals surface area contributed by atoms with Gasteiger partial charge in [0.2, 0.25) is 0 Å². The lowest BCUT2D eigenvalue weighted by molar-refractivity contribution is 0.0592. The summed E-state index contributed by atoms with van der Waals surface area (Å²) in [5.74, 6) is -3.76. The third-order valence-corrected chi connectivity index (χ3v) is 5.73. The quantitative estimate of drug-likeness (QED) is 0.862. The van der Waals surface area contributed by atoms with Crippen LogP contribution in [0, 0.1) is 29.0 Å². The van der Waals surface area contributed by atoms with E-state index >= 15 is 0 Å². The first kappa shape index (κ1) is 18.5. The maximum Gasteiger partial charge on any atom is 0.172 e. The first-order chi connectivity index (χ1) is 12.1. The average Bonchev–Trinajstić information content (AvgIpc) is 2.79. The van der Waals surface area contributed by atoms with Crippen molar-refractivity contribution >= 4 is 9.84 Å². The predicted octanol–water partition coefficient (Wildman–Crippen LogP) is 2.19. The molecule has 138 valence electrons. The Balaban J connectivity index is 2.05. The van der Waals surface area contributed by atoms with Crippen molar-refractivity contribution in [3.05, 3.63) is 52.4 Å². The number of nitriles is 1. The van der Waals surface area contributed by atoms with E-state index in [0.29, 0.717) is 0 Å². The summed E-state index contributed by atoms with van der Waals surface area (Å²) in [6.07, 6.45) is -3.19. The predicted molar refractivity (Wildman–Crippen MR) is 85.5 cm³/mol. The van der Waals surface area contributed by atoms with Gasteiger partial charge in [0, 0.05) is 18.2 Å². The van der Waals surface area contributed by atoms with Crippen molar-refractivity contribution in [2.45, 2.75) is 18.4 Å². The maximum absolute atomic E-state index is 14.4. The van der Waals surface area contributed by atoms with Gasteiger partial charge in [0.1, 0.15) is 23.5 Å². The summed E-state index contributed by atoms with van der Waals surface area (Å²) in [5.41, 5.74) is -0.0352. The van der Waals surface area contributed by atoms with Crippen molar-refractivity contribution in [2.75, 3.05) is 6.26 Å². The lowest BCUT2D eigenvalue weighted by Gasteiger charge is -2.29. The molecule has 1 N–H and O–H groups in total. The normalized spacial score (nSPS) is 30.8. The number of alkyl halides is 2. The lowest BCUT2D eigenvalue weighted by atomic mass is 9.88. The summed E-state index contributed by atoms with van der Waals surface area (Å²) in [5, 5.41) is 18.9. The lowest BCUT2D eigenvalue weighted by Crippen LogP contribution is -2.31. The van der Waals surface area contributed by atoms with Crippen LogP contribution in [-0.4, -0.2) is 38.2 Å². The first-order valence-corrected chi connectivity index (χ1v) is 9.49. The van der Waals surface area contributed by atoms with Crippen LogP contribution in [0.5, 0.6) is 5.75 Å². The van der Waals surface area contributed by atoms with Crippen molar-refractivity contribution in [3.8, 4) is 11.8 Å². The zero-order valence-corrected chi connectivity index (χ0v) is 14.3. The third kappa shape index (κ3) is 3.10. The summed E-state index contributed by atoms with van der Waals surface area (Å²) in [6, 6.07) is 4.88. The van der Waals surface area contributed by atoms with Crippen molar-refractivity contribution in [1.29, 1.82) is 5.26 Å². The molecular formula is C17H14F3NO4S. The summed E-state index contributed by atoms with van der Waals surface area (Å²) in [7, 11) is -3.81. The van der Waals surface area contributed by atoms with Crippen LogP contribution in [0.15, 0.2) is 41.0 Å². The number of hydrogen-bond acceptors (Lipinski definition) is 5. The van der Waals surface area contributed by atoms with Crippen molar-refractivity contribution < 1.29 is 31.4 Å². The van der Waals surface area contributed by atoms with E-state index < -0.39 is 45.9 Å². The first-order valence-electron chi connectivity index (χ1n) is 7.60. The van der Waals surface area contributed by atoms with Gasteiger partial charge in [-0.15, -0.1) is 0 Å². The molecule has 2 aliphatic carbocycles. The van der Waals surface area contributed by atoms with Gasteiger partial charge in [0.25, 0.3) is 0 Å². The minimum absolute atomic E-state index is 0.0352.